The number of alkyl halides is 2. The van der Waals surface area contributed by atoms with Crippen LogP contribution in [0.25, 0.3) is 22.3 Å². The van der Waals surface area contributed by atoms with Crippen molar-refractivity contribution in [3.8, 4) is 11.5 Å². The molecule has 12 aromatic rings. The van der Waals surface area contributed by atoms with Crippen LogP contribution in [0.1, 0.15) is 77.7 Å². The van der Waals surface area contributed by atoms with Gasteiger partial charge in [-0.05, 0) is 75.2 Å². The highest BCUT2D eigenvalue weighted by molar-refractivity contribution is 5.85. The van der Waals surface area contributed by atoms with Crippen LogP contribution < -0.4 is 20.1 Å². The summed E-state index contributed by atoms with van der Waals surface area (Å²) in [6.45, 7) is 1.76. The van der Waals surface area contributed by atoms with Gasteiger partial charge in [0.1, 0.15) is 53.5 Å². The molecule has 2 unspecified atom stereocenters. The lowest BCUT2D eigenvalue weighted by Crippen LogP contribution is -2.38. The number of hydrogen-bond acceptors (Lipinski definition) is 15. The Hall–Kier alpha value is -10.3. The number of nitrogens with one attached hydrogen (secondary N) is 2. The molecule has 8 atom stereocenters. The van der Waals surface area contributed by atoms with Gasteiger partial charge in [-0.25, -0.2) is 38.7 Å². The number of methoxy groups -OCH3 is 2. The average molecular weight is 1280 g/mol. The molecule has 0 amide bonds. The number of fused-ring (bicyclic) bond motifs is 2. The van der Waals surface area contributed by atoms with Crippen LogP contribution in [-0.4, -0.2) is 102 Å². The van der Waals surface area contributed by atoms with Gasteiger partial charge in [0.2, 0.25) is 0 Å². The van der Waals surface area contributed by atoms with Crippen molar-refractivity contribution in [1.29, 1.82) is 0 Å². The molecule has 2 aliphatic heterocycles. The van der Waals surface area contributed by atoms with E-state index in [1.54, 1.807) is 36.0 Å². The number of halogens is 2. The van der Waals surface area contributed by atoms with E-state index in [2.05, 4.69) is 98.4 Å². The quantitative estimate of drug-likeness (QED) is 0.0544. The Bertz CT molecular complexity index is 3900. The fourth-order valence-electron chi connectivity index (χ4n) is 12.7. The van der Waals surface area contributed by atoms with Crippen LogP contribution in [0.3, 0.4) is 0 Å². The highest BCUT2D eigenvalue weighted by Crippen LogP contribution is 2.45. The zero-order valence-corrected chi connectivity index (χ0v) is 51.9. The molecular weight excluding hydrogens is 1200 g/mol. The van der Waals surface area contributed by atoms with Crippen molar-refractivity contribution < 1.29 is 42.3 Å². The minimum Gasteiger partial charge on any atom is -0.497 e. The van der Waals surface area contributed by atoms with Gasteiger partial charge in [0, 0.05) is 0 Å². The number of imidazole rings is 2. The molecule has 2 fully saturated rings. The summed E-state index contributed by atoms with van der Waals surface area (Å²) in [4.78, 5) is 28.1. The summed E-state index contributed by atoms with van der Waals surface area (Å²) < 4.78 is 70.1. The number of anilines is 2. The Morgan fingerprint density at radius 1 is 0.442 bits per heavy atom. The minimum absolute atomic E-state index is 0. The van der Waals surface area contributed by atoms with E-state index in [0.717, 1.165) is 50.3 Å². The summed E-state index contributed by atoms with van der Waals surface area (Å²) in [6, 6.07) is 76.2. The lowest BCUT2D eigenvalue weighted by atomic mass is 9.77. The average Bonchev–Trinajstić information content (AvgIpc) is 1.58. The number of benzene rings is 8. The van der Waals surface area contributed by atoms with Crippen molar-refractivity contribution in [3.63, 3.8) is 0 Å². The number of hydrogen-bond donors (Lipinski definition) is 3. The SMILES string of the molecule is C.CC[C@H]1O[C@@H](n2cnc3c(NC(c4ccccc4)(c4ccccc4)c4ccccc4)ncnc32)C(OCc2ccc(OC)cc2)[C@H]1F.COc1ccc(COC2[C@@H](F)[C@@H](CO)O[C@H]2n2cnc3c(NC(c4ccccc4)(c4ccccc4)c4ccccc4)ncnc32)cc1. The maximum Gasteiger partial charge on any atom is 0.167 e. The van der Waals surface area contributed by atoms with Crippen LogP contribution in [0.5, 0.6) is 11.5 Å². The Morgan fingerprint density at radius 3 is 1.06 bits per heavy atom. The van der Waals surface area contributed by atoms with Gasteiger partial charge < -0.3 is 44.2 Å². The summed E-state index contributed by atoms with van der Waals surface area (Å²) in [6.07, 6.45) is -1.57. The molecule has 14 rings (SSSR count). The summed E-state index contributed by atoms with van der Waals surface area (Å²) in [5.41, 5.74) is 8.11. The lowest BCUT2D eigenvalue weighted by molar-refractivity contribution is -0.0741. The molecule has 3 N–H and O–H groups in total. The predicted octanol–water partition coefficient (Wildman–Crippen LogP) is 14.2. The van der Waals surface area contributed by atoms with Crippen LogP contribution >= 0.6 is 0 Å². The topological polar surface area (TPSA) is 187 Å². The van der Waals surface area contributed by atoms with Crippen molar-refractivity contribution in [2.45, 2.75) is 94.3 Å². The molecular formula is C76H74F2N10O7. The zero-order chi connectivity index (χ0) is 64.4. The van der Waals surface area contributed by atoms with Crippen molar-refractivity contribution in [3.05, 3.63) is 300 Å². The van der Waals surface area contributed by atoms with Crippen molar-refractivity contribution >= 4 is 34.0 Å². The van der Waals surface area contributed by atoms with E-state index in [0.29, 0.717) is 46.1 Å². The van der Waals surface area contributed by atoms with Crippen molar-refractivity contribution in [2.75, 3.05) is 31.5 Å². The standard InChI is InChI=1S/C38H36FN5O3.C37H34FN5O4.CH4/c1-3-31-32(39)34(46-23-26-19-21-30(45-2)22-20-26)37(47-31)44-25-42-33-35(40-24-41-36(33)44)43-38(27-13-7-4-8-14-27,28-15-9-5-10-16-28)29-17-11-6-12-18-29;1-45-29-19-17-25(18-20-29)22-46-33-31(38)30(21-44)47-36(33)43-24-41-32-34(39-23-40-35(32)43)42-37(26-11-5-2-6-12-26,27-13-7-3-8-14-27)28-15-9-4-10-16-28;/h4-22,24-25,31-32,34,37H,3,23H2,1-2H3,(H,40,41,43);2-20,23-24,30-31,33,36,44H,21-22H2,1H3,(H,39,40,42);1H4/t31-,32+,34?,37-;30-,31+,33?,36-;/m11./s1. The van der Waals surface area contributed by atoms with Gasteiger partial charge in [-0.15, -0.1) is 0 Å². The first kappa shape index (κ1) is 64.8. The fraction of sp³-hybridized carbons (Fsp3) is 0.237. The largest absolute Gasteiger partial charge is 0.497 e. The number of aliphatic hydroxyl groups is 1. The number of rotatable bonds is 22. The Morgan fingerprint density at radius 2 is 0.758 bits per heavy atom. The molecule has 0 radical (unpaired) electrons. The van der Waals surface area contributed by atoms with E-state index in [1.807, 2.05) is 165 Å². The van der Waals surface area contributed by atoms with Gasteiger partial charge in [-0.3, -0.25) is 9.13 Å². The fourth-order valence-corrected chi connectivity index (χ4v) is 12.7. The second kappa shape index (κ2) is 29.3. The molecule has 2 aliphatic rings. The zero-order valence-electron chi connectivity index (χ0n) is 51.9. The molecule has 0 saturated carbocycles. The number of aromatic nitrogens is 8. The van der Waals surface area contributed by atoms with E-state index in [9.17, 15) is 5.11 Å². The highest BCUT2D eigenvalue weighted by atomic mass is 19.1. The number of aliphatic hydroxyl groups excluding tert-OH is 1. The second-order valence-electron chi connectivity index (χ2n) is 22.9. The second-order valence-corrected chi connectivity index (χ2v) is 22.9. The van der Waals surface area contributed by atoms with Gasteiger partial charge in [0.15, 0.2) is 58.8 Å². The summed E-state index contributed by atoms with van der Waals surface area (Å²) in [5.74, 6) is 2.47. The van der Waals surface area contributed by atoms with Gasteiger partial charge >= 0.3 is 0 Å². The van der Waals surface area contributed by atoms with E-state index in [-0.39, 0.29) is 20.6 Å². The maximum atomic E-state index is 15.8. The molecule has 17 nitrogen and oxygen atoms in total. The summed E-state index contributed by atoms with van der Waals surface area (Å²) >= 11 is 0. The Kier molecular flexibility index (Phi) is 20.0. The van der Waals surface area contributed by atoms with Crippen LogP contribution in [0.4, 0.5) is 20.4 Å². The molecule has 2 saturated heterocycles. The molecule has 0 aliphatic carbocycles. The normalized spacial score (nSPS) is 19.3. The third kappa shape index (κ3) is 13.0. The van der Waals surface area contributed by atoms with Gasteiger partial charge in [-0.2, -0.15) is 0 Å². The van der Waals surface area contributed by atoms with E-state index in [4.69, 9.17) is 43.4 Å². The van der Waals surface area contributed by atoms with Crippen LogP contribution in [0.2, 0.25) is 0 Å². The van der Waals surface area contributed by atoms with E-state index >= 15 is 8.78 Å². The molecule has 484 valence electrons. The first-order valence-corrected chi connectivity index (χ1v) is 31.2. The molecule has 0 bridgehead atoms. The number of nitrogens with zero attached hydrogens (tertiary/aromatic N) is 8. The molecule has 8 aromatic carbocycles. The lowest BCUT2D eigenvalue weighted by Gasteiger charge is -2.37. The summed E-state index contributed by atoms with van der Waals surface area (Å²) in [5, 5.41) is 17.5. The molecule has 0 spiro atoms. The smallest absolute Gasteiger partial charge is 0.167 e. The predicted molar refractivity (Wildman–Crippen MR) is 361 cm³/mol. The first-order chi connectivity index (χ1) is 46.2. The summed E-state index contributed by atoms with van der Waals surface area (Å²) in [7, 11) is 3.22. The van der Waals surface area contributed by atoms with Gasteiger partial charge in [0.25, 0.3) is 0 Å². The maximum absolute atomic E-state index is 15.8. The molecule has 6 heterocycles. The highest BCUT2D eigenvalue weighted by Gasteiger charge is 2.49. The van der Waals surface area contributed by atoms with Crippen molar-refractivity contribution in [2.24, 2.45) is 0 Å². The van der Waals surface area contributed by atoms with E-state index < -0.39 is 66.9 Å². The van der Waals surface area contributed by atoms with Crippen molar-refractivity contribution in [1.82, 2.24) is 39.0 Å². The number of ether oxygens (including phenoxy) is 6. The molecule has 4 aromatic heterocycles. The Balaban J connectivity index is 0.000000180. The molecule has 95 heavy (non-hydrogen) atoms. The third-order valence-corrected chi connectivity index (χ3v) is 17.4. The van der Waals surface area contributed by atoms with E-state index in [1.165, 1.54) is 12.7 Å². The van der Waals surface area contributed by atoms with Gasteiger partial charge in [-0.1, -0.05) is 221 Å². The minimum atomic E-state index is -1.58. The monoisotopic (exact) mass is 1280 g/mol. The molecule has 19 heteroatoms. The first-order valence-electron chi connectivity index (χ1n) is 31.2. The van der Waals surface area contributed by atoms with Crippen LogP contribution in [0.15, 0.2) is 256 Å². The van der Waals surface area contributed by atoms with Gasteiger partial charge in [0.05, 0.1) is 52.8 Å². The van der Waals surface area contributed by atoms with Crippen LogP contribution in [0, 0.1) is 0 Å². The van der Waals surface area contributed by atoms with Crippen LogP contribution in [-0.2, 0) is 43.2 Å². The Labute approximate surface area is 550 Å². The third-order valence-electron chi connectivity index (χ3n) is 17.4.